The maximum atomic E-state index is 10.5. The third kappa shape index (κ3) is 3.32. The predicted octanol–water partition coefficient (Wildman–Crippen LogP) is 2.19. The van der Waals surface area contributed by atoms with Gasteiger partial charge in [0.25, 0.3) is 0 Å². The van der Waals surface area contributed by atoms with Crippen LogP contribution in [0, 0.1) is 5.92 Å². The van der Waals surface area contributed by atoms with Gasteiger partial charge in [-0.1, -0.05) is 25.7 Å². The molecule has 3 unspecified atom stereocenters. The first-order valence-corrected chi connectivity index (χ1v) is 8.46. The van der Waals surface area contributed by atoms with Crippen LogP contribution in [0.25, 0.3) is 0 Å². The van der Waals surface area contributed by atoms with Crippen LogP contribution < -0.4 is 10.6 Å². The van der Waals surface area contributed by atoms with E-state index in [0.717, 1.165) is 31.3 Å². The van der Waals surface area contributed by atoms with E-state index in [-0.39, 0.29) is 0 Å². The molecule has 0 bridgehead atoms. The van der Waals surface area contributed by atoms with E-state index in [1.165, 1.54) is 57.9 Å². The van der Waals surface area contributed by atoms with E-state index < -0.39 is 5.60 Å². The van der Waals surface area contributed by atoms with Crippen molar-refractivity contribution in [1.82, 2.24) is 10.6 Å². The SMILES string of the molecule is OC1(CNC2CCCC2C2CCCCN2)CCCC1. The highest BCUT2D eigenvalue weighted by Gasteiger charge is 2.37. The Hall–Kier alpha value is -0.120. The maximum Gasteiger partial charge on any atom is 0.0771 e. The Labute approximate surface area is 117 Å². The summed E-state index contributed by atoms with van der Waals surface area (Å²) in [5.41, 5.74) is -0.396. The Morgan fingerprint density at radius 2 is 1.84 bits per heavy atom. The molecule has 1 saturated heterocycles. The Balaban J connectivity index is 1.51. The zero-order valence-electron chi connectivity index (χ0n) is 12.2. The van der Waals surface area contributed by atoms with Crippen molar-refractivity contribution in [2.45, 2.75) is 81.9 Å². The van der Waals surface area contributed by atoms with Crippen LogP contribution in [0.1, 0.15) is 64.2 Å². The first-order valence-electron chi connectivity index (χ1n) is 8.46. The lowest BCUT2D eigenvalue weighted by Crippen LogP contribution is -2.50. The lowest BCUT2D eigenvalue weighted by Gasteiger charge is -2.34. The summed E-state index contributed by atoms with van der Waals surface area (Å²) in [7, 11) is 0. The molecule has 0 radical (unpaired) electrons. The topological polar surface area (TPSA) is 44.3 Å². The second kappa shape index (κ2) is 6.11. The number of rotatable bonds is 4. The summed E-state index contributed by atoms with van der Waals surface area (Å²) in [6.07, 6.45) is 12.5. The first-order chi connectivity index (χ1) is 9.27. The Bertz CT molecular complexity index is 282. The average molecular weight is 266 g/mol. The van der Waals surface area contributed by atoms with Crippen molar-refractivity contribution in [3.63, 3.8) is 0 Å². The van der Waals surface area contributed by atoms with E-state index in [4.69, 9.17) is 0 Å². The third-order valence-corrected chi connectivity index (χ3v) is 5.66. The molecule has 3 rings (SSSR count). The summed E-state index contributed by atoms with van der Waals surface area (Å²) >= 11 is 0. The van der Waals surface area contributed by atoms with Crippen LogP contribution in [0.3, 0.4) is 0 Å². The van der Waals surface area contributed by atoms with Crippen molar-refractivity contribution in [1.29, 1.82) is 0 Å². The van der Waals surface area contributed by atoms with Gasteiger partial charge in [0.2, 0.25) is 0 Å². The van der Waals surface area contributed by atoms with Gasteiger partial charge in [-0.15, -0.1) is 0 Å². The van der Waals surface area contributed by atoms with Crippen LogP contribution in [0.5, 0.6) is 0 Å². The lowest BCUT2D eigenvalue weighted by atomic mass is 9.88. The van der Waals surface area contributed by atoms with Gasteiger partial charge in [0.05, 0.1) is 5.60 Å². The van der Waals surface area contributed by atoms with Gasteiger partial charge >= 0.3 is 0 Å². The molecule has 3 atom stereocenters. The molecule has 0 amide bonds. The number of nitrogens with one attached hydrogen (secondary N) is 2. The summed E-state index contributed by atoms with van der Waals surface area (Å²) in [6, 6.07) is 1.37. The summed E-state index contributed by atoms with van der Waals surface area (Å²) in [5.74, 6) is 0.797. The molecule has 1 aliphatic heterocycles. The van der Waals surface area contributed by atoms with E-state index in [2.05, 4.69) is 10.6 Å². The largest absolute Gasteiger partial charge is 0.389 e. The second-order valence-corrected chi connectivity index (χ2v) is 7.07. The van der Waals surface area contributed by atoms with E-state index in [1.807, 2.05) is 0 Å². The number of hydrogen-bond acceptors (Lipinski definition) is 3. The maximum absolute atomic E-state index is 10.5. The third-order valence-electron chi connectivity index (χ3n) is 5.66. The van der Waals surface area contributed by atoms with Crippen LogP contribution >= 0.6 is 0 Å². The van der Waals surface area contributed by atoms with Gasteiger partial charge in [-0.25, -0.2) is 0 Å². The molecule has 3 fully saturated rings. The highest BCUT2D eigenvalue weighted by molar-refractivity contribution is 4.95. The molecule has 0 spiro atoms. The average Bonchev–Trinajstić information content (AvgIpc) is 3.07. The van der Waals surface area contributed by atoms with E-state index in [1.54, 1.807) is 0 Å². The molecule has 2 saturated carbocycles. The highest BCUT2D eigenvalue weighted by Crippen LogP contribution is 2.33. The van der Waals surface area contributed by atoms with Gasteiger partial charge in [-0.05, 0) is 51.0 Å². The fourth-order valence-electron chi connectivity index (χ4n) is 4.50. The Morgan fingerprint density at radius 1 is 1.00 bits per heavy atom. The van der Waals surface area contributed by atoms with E-state index in [0.29, 0.717) is 6.04 Å². The Morgan fingerprint density at radius 3 is 2.58 bits per heavy atom. The minimum absolute atomic E-state index is 0.396. The molecule has 3 heteroatoms. The molecule has 2 aliphatic carbocycles. The molecule has 3 N–H and O–H groups in total. The van der Waals surface area contributed by atoms with Crippen molar-refractivity contribution in [3.8, 4) is 0 Å². The van der Waals surface area contributed by atoms with Crippen LogP contribution in [-0.4, -0.2) is 35.9 Å². The van der Waals surface area contributed by atoms with Crippen molar-refractivity contribution < 1.29 is 5.11 Å². The van der Waals surface area contributed by atoms with Gasteiger partial charge in [0.1, 0.15) is 0 Å². The van der Waals surface area contributed by atoms with Crippen molar-refractivity contribution in [2.75, 3.05) is 13.1 Å². The highest BCUT2D eigenvalue weighted by atomic mass is 16.3. The van der Waals surface area contributed by atoms with Gasteiger partial charge in [0, 0.05) is 18.6 Å². The zero-order valence-corrected chi connectivity index (χ0v) is 12.2. The van der Waals surface area contributed by atoms with Gasteiger partial charge in [-0.3, -0.25) is 0 Å². The quantitative estimate of drug-likeness (QED) is 0.731. The minimum Gasteiger partial charge on any atom is -0.389 e. The fourth-order valence-corrected chi connectivity index (χ4v) is 4.50. The summed E-state index contributed by atoms with van der Waals surface area (Å²) < 4.78 is 0. The van der Waals surface area contributed by atoms with Crippen molar-refractivity contribution >= 4 is 0 Å². The smallest absolute Gasteiger partial charge is 0.0771 e. The lowest BCUT2D eigenvalue weighted by molar-refractivity contribution is 0.0424. The van der Waals surface area contributed by atoms with Gasteiger partial charge in [0.15, 0.2) is 0 Å². The fraction of sp³-hybridized carbons (Fsp3) is 1.00. The predicted molar refractivity (Wildman–Crippen MR) is 78.2 cm³/mol. The van der Waals surface area contributed by atoms with Crippen molar-refractivity contribution in [3.05, 3.63) is 0 Å². The van der Waals surface area contributed by atoms with Crippen molar-refractivity contribution in [2.24, 2.45) is 5.92 Å². The normalized spacial score (nSPS) is 38.7. The standard InChI is InChI=1S/C16H30N2O/c19-16(9-2-3-10-16)12-18-15-8-5-6-13(15)14-7-1-4-11-17-14/h13-15,17-19H,1-12H2. The molecule has 0 aromatic heterocycles. The molecular formula is C16H30N2O. The minimum atomic E-state index is -0.396. The van der Waals surface area contributed by atoms with E-state index in [9.17, 15) is 5.11 Å². The molecular weight excluding hydrogens is 236 g/mol. The Kier molecular flexibility index (Phi) is 4.45. The molecule has 0 aromatic carbocycles. The first kappa shape index (κ1) is 13.8. The van der Waals surface area contributed by atoms with Crippen LogP contribution in [0.4, 0.5) is 0 Å². The number of aliphatic hydroxyl groups is 1. The second-order valence-electron chi connectivity index (χ2n) is 7.07. The number of hydrogen-bond donors (Lipinski definition) is 3. The van der Waals surface area contributed by atoms with E-state index >= 15 is 0 Å². The molecule has 3 nitrogen and oxygen atoms in total. The van der Waals surface area contributed by atoms with Gasteiger partial charge in [-0.2, -0.15) is 0 Å². The van der Waals surface area contributed by atoms with Gasteiger partial charge < -0.3 is 15.7 Å². The molecule has 0 aromatic rings. The molecule has 1 heterocycles. The molecule has 3 aliphatic rings. The molecule has 19 heavy (non-hydrogen) atoms. The summed E-state index contributed by atoms with van der Waals surface area (Å²) in [4.78, 5) is 0. The number of piperidine rings is 1. The van der Waals surface area contributed by atoms with Crippen LogP contribution in [-0.2, 0) is 0 Å². The molecule has 110 valence electrons. The summed E-state index contributed by atoms with van der Waals surface area (Å²) in [6.45, 7) is 2.03. The van der Waals surface area contributed by atoms with Crippen LogP contribution in [0.2, 0.25) is 0 Å². The van der Waals surface area contributed by atoms with Crippen LogP contribution in [0.15, 0.2) is 0 Å². The monoisotopic (exact) mass is 266 g/mol. The zero-order chi connectivity index (χ0) is 13.1. The summed E-state index contributed by atoms with van der Waals surface area (Å²) in [5, 5.41) is 17.9.